The molecule has 0 saturated carbocycles. The molecular weight excluding hydrogens is 510 g/mol. The van der Waals surface area contributed by atoms with Gasteiger partial charge in [-0.3, -0.25) is 4.90 Å². The summed E-state index contributed by atoms with van der Waals surface area (Å²) in [5, 5.41) is 0. The Morgan fingerprint density at radius 2 is 1.64 bits per heavy atom. The largest absolute Gasteiger partial charge is 0.410 e. The lowest BCUT2D eigenvalue weighted by molar-refractivity contribution is -0.277. The van der Waals surface area contributed by atoms with E-state index in [1.165, 1.54) is 0 Å². The fraction of sp³-hybridized carbons (Fsp3) is 0.900. The Morgan fingerprint density at radius 3 is 2.18 bits per heavy atom. The molecule has 3 aliphatic heterocycles. The highest BCUT2D eigenvalue weighted by molar-refractivity contribution is 6.77. The number of hydrogen-bond donors (Lipinski definition) is 1. The molecule has 3 fully saturated rings. The van der Waals surface area contributed by atoms with E-state index in [1.54, 1.807) is 0 Å². The summed E-state index contributed by atoms with van der Waals surface area (Å²) >= 11 is 0. The van der Waals surface area contributed by atoms with Crippen LogP contribution in [-0.2, 0) is 18.6 Å². The first-order valence-electron chi connectivity index (χ1n) is 15.6. The molecule has 3 heterocycles. The van der Waals surface area contributed by atoms with Gasteiger partial charge in [0.15, 0.2) is 5.79 Å². The van der Waals surface area contributed by atoms with Crippen molar-refractivity contribution >= 4 is 14.3 Å². The minimum atomic E-state index is -1.94. The monoisotopic (exact) mass is 567 g/mol. The summed E-state index contributed by atoms with van der Waals surface area (Å²) in [5.74, 6) is -0.685. The van der Waals surface area contributed by atoms with Gasteiger partial charge in [-0.1, -0.05) is 60.6 Å². The van der Waals surface area contributed by atoms with E-state index in [4.69, 9.17) is 24.4 Å². The van der Waals surface area contributed by atoms with Crippen LogP contribution in [0, 0.1) is 0 Å². The van der Waals surface area contributed by atoms with E-state index < -0.39 is 14.1 Å². The number of amides is 2. The summed E-state index contributed by atoms with van der Waals surface area (Å²) in [7, 11) is -1.94. The van der Waals surface area contributed by atoms with Crippen molar-refractivity contribution in [2.45, 2.75) is 134 Å². The number of primary amides is 1. The van der Waals surface area contributed by atoms with Gasteiger partial charge in [0, 0.05) is 32.0 Å². The number of allylic oxidation sites excluding steroid dienone is 1. The molecule has 2 amide bonds. The Balaban J connectivity index is 1.66. The summed E-state index contributed by atoms with van der Waals surface area (Å²) in [5.41, 5.74) is 7.63. The third kappa shape index (κ3) is 7.86. The van der Waals surface area contributed by atoms with Crippen LogP contribution in [0.25, 0.3) is 0 Å². The molecule has 8 nitrogen and oxygen atoms in total. The van der Waals surface area contributed by atoms with Crippen LogP contribution in [0.3, 0.4) is 0 Å². The van der Waals surface area contributed by atoms with Gasteiger partial charge >= 0.3 is 6.03 Å². The van der Waals surface area contributed by atoms with Gasteiger partial charge in [-0.25, -0.2) is 4.79 Å². The van der Waals surface area contributed by atoms with Gasteiger partial charge in [-0.2, -0.15) is 0 Å². The Morgan fingerprint density at radius 1 is 1.03 bits per heavy atom. The number of morpholine rings is 1. The third-order valence-electron chi connectivity index (χ3n) is 9.27. The topological polar surface area (TPSA) is 86.5 Å². The van der Waals surface area contributed by atoms with Gasteiger partial charge in [0.05, 0.1) is 38.7 Å². The average Bonchev–Trinajstić information content (AvgIpc) is 3.32. The highest BCUT2D eigenvalue weighted by Crippen LogP contribution is 2.43. The zero-order valence-corrected chi connectivity index (χ0v) is 26.8. The van der Waals surface area contributed by atoms with Crippen LogP contribution in [0.5, 0.6) is 0 Å². The smallest absolute Gasteiger partial charge is 0.316 e. The van der Waals surface area contributed by atoms with E-state index in [9.17, 15) is 4.79 Å². The second-order valence-electron chi connectivity index (χ2n) is 12.6. The number of carbonyl (C=O) groups excluding carboxylic acids is 1. The zero-order chi connectivity index (χ0) is 28.6. The standard InChI is InChI=1S/C30H57N3O5Si/c1-8-27(38-39(23(2)3,24(4)5)25(6)7)12-9-10-15-30(36-18-11-19-37-30)22-26-13-14-28(33(26)29(31)34)32-16-20-35-21-17-32/h9,12,23-28H,8,10-11,13-22H2,1-7H3,(H2,31,34)/b12-9-/t26-,27-,28?/m0/s1. The summed E-state index contributed by atoms with van der Waals surface area (Å²) in [4.78, 5) is 16.9. The summed E-state index contributed by atoms with van der Waals surface area (Å²) < 4.78 is 25.3. The van der Waals surface area contributed by atoms with Crippen LogP contribution >= 0.6 is 0 Å². The Kier molecular flexibility index (Phi) is 12.3. The normalized spacial score (nSPS) is 25.8. The molecule has 0 aromatic carbocycles. The van der Waals surface area contributed by atoms with Crippen LogP contribution < -0.4 is 5.73 Å². The maximum atomic E-state index is 12.6. The zero-order valence-electron chi connectivity index (χ0n) is 25.8. The van der Waals surface area contributed by atoms with E-state index in [0.717, 1.165) is 51.6 Å². The van der Waals surface area contributed by atoms with Gasteiger partial charge < -0.3 is 29.3 Å². The number of hydrogen-bond acceptors (Lipinski definition) is 6. The van der Waals surface area contributed by atoms with Crippen LogP contribution in [0.2, 0.25) is 16.6 Å². The molecule has 0 radical (unpaired) electrons. The minimum absolute atomic E-state index is 0.0129. The predicted octanol–water partition coefficient (Wildman–Crippen LogP) is 6.02. The van der Waals surface area contributed by atoms with Crippen molar-refractivity contribution in [2.24, 2.45) is 5.73 Å². The maximum absolute atomic E-state index is 12.6. The summed E-state index contributed by atoms with van der Waals surface area (Å²) in [6.45, 7) is 20.7. The van der Waals surface area contributed by atoms with Gasteiger partial charge in [0.1, 0.15) is 0 Å². The molecule has 0 aromatic rings. The van der Waals surface area contributed by atoms with Gasteiger partial charge in [0.2, 0.25) is 8.32 Å². The van der Waals surface area contributed by atoms with Crippen LogP contribution in [-0.4, -0.2) is 87.8 Å². The third-order valence-corrected chi connectivity index (χ3v) is 15.4. The van der Waals surface area contributed by atoms with Crippen molar-refractivity contribution < 1.29 is 23.4 Å². The Labute approximate surface area is 239 Å². The van der Waals surface area contributed by atoms with Crippen LogP contribution in [0.15, 0.2) is 12.2 Å². The molecule has 0 bridgehead atoms. The lowest BCUT2D eigenvalue weighted by Crippen LogP contribution is -2.56. The average molecular weight is 568 g/mol. The van der Waals surface area contributed by atoms with Gasteiger partial charge in [0.25, 0.3) is 0 Å². The van der Waals surface area contributed by atoms with Crippen molar-refractivity contribution in [1.82, 2.24) is 9.80 Å². The minimum Gasteiger partial charge on any atom is -0.410 e. The summed E-state index contributed by atoms with van der Waals surface area (Å²) in [6.07, 6.45) is 10.6. The quantitative estimate of drug-likeness (QED) is 0.216. The van der Waals surface area contributed by atoms with E-state index >= 15 is 0 Å². The molecule has 2 N–H and O–H groups in total. The van der Waals surface area contributed by atoms with Crippen molar-refractivity contribution in [3.63, 3.8) is 0 Å². The van der Waals surface area contributed by atoms with Gasteiger partial charge in [-0.15, -0.1) is 0 Å². The first kappa shape index (κ1) is 32.5. The second-order valence-corrected chi connectivity index (χ2v) is 18.0. The fourth-order valence-electron chi connectivity index (χ4n) is 7.44. The number of likely N-dealkylation sites (tertiary alicyclic amines) is 1. The van der Waals surface area contributed by atoms with E-state index in [2.05, 4.69) is 65.5 Å². The molecule has 0 spiro atoms. The Bertz CT molecular complexity index is 759. The highest BCUT2D eigenvalue weighted by atomic mass is 28.4. The second kappa shape index (κ2) is 14.8. The fourth-order valence-corrected chi connectivity index (χ4v) is 13.0. The molecule has 3 saturated heterocycles. The van der Waals surface area contributed by atoms with E-state index in [-0.39, 0.29) is 24.3 Å². The predicted molar refractivity (Wildman–Crippen MR) is 159 cm³/mol. The lowest BCUT2D eigenvalue weighted by atomic mass is 9.98. The van der Waals surface area contributed by atoms with Crippen molar-refractivity contribution in [3.8, 4) is 0 Å². The number of urea groups is 1. The number of ether oxygens (including phenoxy) is 3. The maximum Gasteiger partial charge on any atom is 0.316 e. The number of nitrogens with two attached hydrogens (primary N) is 1. The van der Waals surface area contributed by atoms with Crippen molar-refractivity contribution in [1.29, 1.82) is 0 Å². The molecule has 226 valence electrons. The highest BCUT2D eigenvalue weighted by Gasteiger charge is 2.47. The first-order chi connectivity index (χ1) is 18.6. The van der Waals surface area contributed by atoms with Crippen molar-refractivity contribution in [2.75, 3.05) is 39.5 Å². The van der Waals surface area contributed by atoms with Crippen LogP contribution in [0.4, 0.5) is 4.79 Å². The molecule has 3 atom stereocenters. The molecule has 1 unspecified atom stereocenters. The van der Waals surface area contributed by atoms with E-state index in [0.29, 0.717) is 49.5 Å². The molecule has 3 rings (SSSR count). The molecular formula is C30H57N3O5Si. The first-order valence-corrected chi connectivity index (χ1v) is 17.7. The molecule has 0 aliphatic carbocycles. The lowest BCUT2D eigenvalue weighted by Gasteiger charge is -2.44. The number of rotatable bonds is 13. The number of carbonyl (C=O) groups is 1. The molecule has 3 aliphatic rings. The van der Waals surface area contributed by atoms with Crippen LogP contribution in [0.1, 0.15) is 93.4 Å². The van der Waals surface area contributed by atoms with Crippen molar-refractivity contribution in [3.05, 3.63) is 12.2 Å². The number of nitrogens with zero attached hydrogens (tertiary/aromatic N) is 2. The molecule has 0 aromatic heterocycles. The SMILES string of the molecule is CC[C@@H](/C=C\CCC1(C[C@@H]2CCC(N3CCOCC3)N2C(N)=O)OCCCO1)O[Si](C(C)C)(C(C)C)C(C)C. The molecule has 39 heavy (non-hydrogen) atoms. The Hall–Kier alpha value is -0.973. The molecule has 9 heteroatoms. The summed E-state index contributed by atoms with van der Waals surface area (Å²) in [6, 6.07) is -0.338. The van der Waals surface area contributed by atoms with E-state index in [1.807, 2.05) is 4.90 Å². The van der Waals surface area contributed by atoms with Gasteiger partial charge in [-0.05, 0) is 48.7 Å².